The molecule has 0 bridgehead atoms. The van der Waals surface area contributed by atoms with Crippen molar-refractivity contribution in [3.63, 3.8) is 0 Å². The lowest BCUT2D eigenvalue weighted by molar-refractivity contribution is -0.179. The van der Waals surface area contributed by atoms with Gasteiger partial charge in [0.2, 0.25) is 0 Å². The summed E-state index contributed by atoms with van der Waals surface area (Å²) in [7, 11) is 0. The van der Waals surface area contributed by atoms with Crippen molar-refractivity contribution in [2.75, 3.05) is 6.61 Å². The van der Waals surface area contributed by atoms with Crippen LogP contribution in [0.25, 0.3) is 0 Å². The molecular formula is C17H32O3. The molecule has 3 heteroatoms. The Bertz CT molecular complexity index is 313. The average Bonchev–Trinajstić information content (AvgIpc) is 2.38. The van der Waals surface area contributed by atoms with Gasteiger partial charge in [0.15, 0.2) is 5.60 Å². The van der Waals surface area contributed by atoms with Gasteiger partial charge in [0.1, 0.15) is 0 Å². The number of carbonyl (C=O) groups is 1. The zero-order chi connectivity index (χ0) is 15.3. The zero-order valence-electron chi connectivity index (χ0n) is 13.8. The van der Waals surface area contributed by atoms with Crippen LogP contribution in [0.3, 0.4) is 0 Å². The van der Waals surface area contributed by atoms with Gasteiger partial charge in [0.25, 0.3) is 0 Å². The van der Waals surface area contributed by atoms with Gasteiger partial charge in [-0.1, -0.05) is 40.5 Å². The number of esters is 1. The molecule has 1 aliphatic rings. The van der Waals surface area contributed by atoms with Crippen LogP contribution in [0, 0.1) is 23.7 Å². The highest BCUT2D eigenvalue weighted by Crippen LogP contribution is 2.45. The standard InChI is InChI=1S/C17H32O3/c1-6-10-17(19,16(18)20-7-2)15-11-13(5)8-9-14(15)12(3)4/h12-15,19H,6-11H2,1-5H3. The van der Waals surface area contributed by atoms with Crippen molar-refractivity contribution in [2.24, 2.45) is 23.7 Å². The summed E-state index contributed by atoms with van der Waals surface area (Å²) in [6.45, 7) is 10.8. The van der Waals surface area contributed by atoms with Crippen LogP contribution in [0.4, 0.5) is 0 Å². The summed E-state index contributed by atoms with van der Waals surface area (Å²) in [4.78, 5) is 12.4. The van der Waals surface area contributed by atoms with Crippen LogP contribution in [0.15, 0.2) is 0 Å². The molecule has 4 atom stereocenters. The van der Waals surface area contributed by atoms with Crippen molar-refractivity contribution >= 4 is 5.97 Å². The van der Waals surface area contributed by atoms with Crippen molar-refractivity contribution in [1.82, 2.24) is 0 Å². The lowest BCUT2D eigenvalue weighted by Gasteiger charge is -2.45. The number of carbonyl (C=O) groups excluding carboxylic acids is 1. The highest BCUT2D eigenvalue weighted by molar-refractivity contribution is 5.79. The summed E-state index contributed by atoms with van der Waals surface area (Å²) in [5, 5.41) is 11.1. The van der Waals surface area contributed by atoms with E-state index in [0.717, 1.165) is 19.3 Å². The van der Waals surface area contributed by atoms with E-state index in [9.17, 15) is 9.90 Å². The molecule has 0 aromatic rings. The van der Waals surface area contributed by atoms with Crippen LogP contribution in [-0.4, -0.2) is 23.3 Å². The topological polar surface area (TPSA) is 46.5 Å². The van der Waals surface area contributed by atoms with E-state index in [1.807, 2.05) is 6.92 Å². The highest BCUT2D eigenvalue weighted by atomic mass is 16.5. The molecule has 1 rings (SSSR count). The molecular weight excluding hydrogens is 252 g/mol. The predicted molar refractivity (Wildman–Crippen MR) is 81.3 cm³/mol. The van der Waals surface area contributed by atoms with Crippen LogP contribution in [0.5, 0.6) is 0 Å². The minimum absolute atomic E-state index is 0.0326. The van der Waals surface area contributed by atoms with Gasteiger partial charge >= 0.3 is 5.97 Å². The minimum Gasteiger partial charge on any atom is -0.464 e. The largest absolute Gasteiger partial charge is 0.464 e. The maximum atomic E-state index is 12.4. The molecule has 1 saturated carbocycles. The van der Waals surface area contributed by atoms with E-state index < -0.39 is 11.6 Å². The zero-order valence-corrected chi connectivity index (χ0v) is 13.8. The van der Waals surface area contributed by atoms with Crippen LogP contribution in [0.1, 0.15) is 66.7 Å². The van der Waals surface area contributed by atoms with Crippen LogP contribution in [-0.2, 0) is 9.53 Å². The number of rotatable bonds is 6. The molecule has 0 radical (unpaired) electrons. The monoisotopic (exact) mass is 284 g/mol. The molecule has 4 unspecified atom stereocenters. The SMILES string of the molecule is CCCC(O)(C(=O)OCC)C1CC(C)CCC1C(C)C. The van der Waals surface area contributed by atoms with Gasteiger partial charge in [0, 0.05) is 5.92 Å². The average molecular weight is 284 g/mol. The first-order valence-corrected chi connectivity index (χ1v) is 8.26. The van der Waals surface area contributed by atoms with E-state index in [1.54, 1.807) is 6.92 Å². The van der Waals surface area contributed by atoms with E-state index in [1.165, 1.54) is 6.42 Å². The second-order valence-corrected chi connectivity index (χ2v) is 6.83. The summed E-state index contributed by atoms with van der Waals surface area (Å²) in [5.41, 5.74) is -1.30. The smallest absolute Gasteiger partial charge is 0.338 e. The van der Waals surface area contributed by atoms with Crippen molar-refractivity contribution < 1.29 is 14.6 Å². The summed E-state index contributed by atoms with van der Waals surface area (Å²) in [6, 6.07) is 0. The normalized spacial score (nSPS) is 30.1. The Morgan fingerprint density at radius 1 is 1.35 bits per heavy atom. The van der Waals surface area contributed by atoms with Crippen molar-refractivity contribution in [3.05, 3.63) is 0 Å². The van der Waals surface area contributed by atoms with Gasteiger partial charge < -0.3 is 9.84 Å². The molecule has 0 aliphatic heterocycles. The molecule has 0 amide bonds. The van der Waals surface area contributed by atoms with Gasteiger partial charge in [-0.2, -0.15) is 0 Å². The van der Waals surface area contributed by atoms with E-state index in [2.05, 4.69) is 20.8 Å². The van der Waals surface area contributed by atoms with E-state index >= 15 is 0 Å². The second-order valence-electron chi connectivity index (χ2n) is 6.83. The molecule has 0 aromatic carbocycles. The first-order chi connectivity index (χ1) is 9.36. The Morgan fingerprint density at radius 3 is 2.50 bits per heavy atom. The first kappa shape index (κ1) is 17.5. The van der Waals surface area contributed by atoms with E-state index in [-0.39, 0.29) is 5.92 Å². The Balaban J connectivity index is 3.04. The maximum Gasteiger partial charge on any atom is 0.338 e. The van der Waals surface area contributed by atoms with Crippen LogP contribution >= 0.6 is 0 Å². The fourth-order valence-corrected chi connectivity index (χ4v) is 3.83. The molecule has 1 aliphatic carbocycles. The minimum atomic E-state index is -1.30. The van der Waals surface area contributed by atoms with Gasteiger partial charge in [-0.3, -0.25) is 0 Å². The summed E-state index contributed by atoms with van der Waals surface area (Å²) < 4.78 is 5.19. The van der Waals surface area contributed by atoms with Gasteiger partial charge in [-0.25, -0.2) is 4.79 Å². The van der Waals surface area contributed by atoms with E-state index in [4.69, 9.17) is 4.74 Å². The van der Waals surface area contributed by atoms with Crippen molar-refractivity contribution in [3.8, 4) is 0 Å². The fourth-order valence-electron chi connectivity index (χ4n) is 3.83. The van der Waals surface area contributed by atoms with Gasteiger partial charge in [-0.05, 0) is 43.9 Å². The Morgan fingerprint density at radius 2 is 2.00 bits per heavy atom. The Hall–Kier alpha value is -0.570. The summed E-state index contributed by atoms with van der Waals surface area (Å²) in [6.07, 6.45) is 4.54. The fraction of sp³-hybridized carbons (Fsp3) is 0.941. The van der Waals surface area contributed by atoms with Crippen molar-refractivity contribution in [2.45, 2.75) is 72.3 Å². The van der Waals surface area contributed by atoms with Gasteiger partial charge in [0.05, 0.1) is 6.61 Å². The third kappa shape index (κ3) is 3.75. The number of ether oxygens (including phenoxy) is 1. The third-order valence-corrected chi connectivity index (χ3v) is 4.90. The maximum absolute atomic E-state index is 12.4. The predicted octanol–water partition coefficient (Wildman–Crippen LogP) is 3.79. The number of hydrogen-bond donors (Lipinski definition) is 1. The molecule has 0 aromatic heterocycles. The molecule has 0 heterocycles. The molecule has 20 heavy (non-hydrogen) atoms. The number of hydrogen-bond acceptors (Lipinski definition) is 3. The lowest BCUT2D eigenvalue weighted by atomic mass is 9.62. The number of aliphatic hydroxyl groups is 1. The molecule has 0 saturated heterocycles. The lowest BCUT2D eigenvalue weighted by Crippen LogP contribution is -2.52. The Labute approximate surface area is 124 Å². The molecule has 1 N–H and O–H groups in total. The molecule has 0 spiro atoms. The Kier molecular flexibility index (Phi) is 6.50. The first-order valence-electron chi connectivity index (χ1n) is 8.26. The molecule has 3 nitrogen and oxygen atoms in total. The highest BCUT2D eigenvalue weighted by Gasteiger charge is 2.50. The third-order valence-electron chi connectivity index (χ3n) is 4.90. The second kappa shape index (κ2) is 7.44. The quantitative estimate of drug-likeness (QED) is 0.755. The summed E-state index contributed by atoms with van der Waals surface area (Å²) >= 11 is 0. The van der Waals surface area contributed by atoms with Crippen LogP contribution in [0.2, 0.25) is 0 Å². The molecule has 118 valence electrons. The molecule has 1 fully saturated rings. The van der Waals surface area contributed by atoms with Crippen molar-refractivity contribution in [1.29, 1.82) is 0 Å². The van der Waals surface area contributed by atoms with Gasteiger partial charge in [-0.15, -0.1) is 0 Å². The summed E-state index contributed by atoms with van der Waals surface area (Å²) in [5.74, 6) is 1.10. The van der Waals surface area contributed by atoms with Crippen LogP contribution < -0.4 is 0 Å². The van der Waals surface area contributed by atoms with E-state index in [0.29, 0.717) is 30.8 Å².